The molecule has 1 fully saturated rings. The highest BCUT2D eigenvalue weighted by atomic mass is 16.1. The van der Waals surface area contributed by atoms with E-state index in [1.807, 2.05) is 17.8 Å². The van der Waals surface area contributed by atoms with Crippen LogP contribution in [-0.2, 0) is 11.2 Å². The van der Waals surface area contributed by atoms with Crippen molar-refractivity contribution in [2.24, 2.45) is 5.92 Å². The van der Waals surface area contributed by atoms with Crippen molar-refractivity contribution < 1.29 is 4.79 Å². The van der Waals surface area contributed by atoms with Crippen molar-refractivity contribution in [3.63, 3.8) is 0 Å². The molecule has 0 aromatic carbocycles. The summed E-state index contributed by atoms with van der Waals surface area (Å²) < 4.78 is 1.97. The van der Waals surface area contributed by atoms with Crippen LogP contribution in [0.15, 0.2) is 6.20 Å². The number of hydrogen-bond donors (Lipinski definition) is 1. The number of rotatable bonds is 5. The predicted octanol–water partition coefficient (Wildman–Crippen LogP) is 4.26. The first kappa shape index (κ1) is 18.9. The lowest BCUT2D eigenvalue weighted by atomic mass is 9.87. The van der Waals surface area contributed by atoms with Gasteiger partial charge in [-0.25, -0.2) is 9.67 Å². The minimum atomic E-state index is 0.168. The number of nitrogens with one attached hydrogen (secondary N) is 1. The summed E-state index contributed by atoms with van der Waals surface area (Å²) >= 11 is 0. The molecule has 5 nitrogen and oxygen atoms in total. The maximum absolute atomic E-state index is 12.4. The first-order valence-corrected chi connectivity index (χ1v) is 9.99. The van der Waals surface area contributed by atoms with Gasteiger partial charge in [-0.1, -0.05) is 6.92 Å². The maximum Gasteiger partial charge on any atom is 0.220 e. The number of nitrogens with zero attached hydrogens (tertiary/aromatic N) is 3. The van der Waals surface area contributed by atoms with Gasteiger partial charge in [0, 0.05) is 29.6 Å². The fourth-order valence-electron chi connectivity index (χ4n) is 4.08. The molecule has 1 N–H and O–H groups in total. The van der Waals surface area contributed by atoms with Gasteiger partial charge in [0.15, 0.2) is 5.65 Å². The fraction of sp³-hybridized carbons (Fsp3) is 0.667. The molecule has 0 radical (unpaired) electrons. The Kier molecular flexibility index (Phi) is 5.64. The number of hydrogen-bond acceptors (Lipinski definition) is 3. The minimum absolute atomic E-state index is 0.168. The lowest BCUT2D eigenvalue weighted by Crippen LogP contribution is -2.37. The Hall–Kier alpha value is -1.91. The molecule has 2 heterocycles. The highest BCUT2D eigenvalue weighted by molar-refractivity contribution is 5.81. The van der Waals surface area contributed by atoms with Crippen molar-refractivity contribution in [1.82, 2.24) is 20.1 Å². The molecule has 0 spiro atoms. The summed E-state index contributed by atoms with van der Waals surface area (Å²) in [7, 11) is 0. The normalized spacial score (nSPS) is 20.7. The molecule has 3 rings (SSSR count). The second-order valence-corrected chi connectivity index (χ2v) is 8.25. The van der Waals surface area contributed by atoms with Crippen LogP contribution in [0, 0.1) is 19.8 Å². The number of carbonyl (C=O) groups excluding carboxylic acids is 1. The largest absolute Gasteiger partial charge is 0.353 e. The summed E-state index contributed by atoms with van der Waals surface area (Å²) in [6.45, 7) is 10.7. The van der Waals surface area contributed by atoms with Crippen LogP contribution in [0.5, 0.6) is 0 Å². The van der Waals surface area contributed by atoms with Gasteiger partial charge in [0.2, 0.25) is 5.91 Å². The highest BCUT2D eigenvalue weighted by Crippen LogP contribution is 2.26. The Labute approximate surface area is 156 Å². The topological polar surface area (TPSA) is 59.8 Å². The van der Waals surface area contributed by atoms with Crippen LogP contribution >= 0.6 is 0 Å². The molecular weight excluding hydrogens is 324 g/mol. The zero-order valence-corrected chi connectivity index (χ0v) is 16.8. The summed E-state index contributed by atoms with van der Waals surface area (Å²) in [6.07, 6.45) is 7.86. The predicted molar refractivity (Wildman–Crippen MR) is 105 cm³/mol. The average Bonchev–Trinajstić information content (AvgIpc) is 3.01. The molecule has 0 unspecified atom stereocenters. The number of amides is 1. The summed E-state index contributed by atoms with van der Waals surface area (Å²) in [5.74, 6) is 0.972. The Balaban J connectivity index is 1.68. The van der Waals surface area contributed by atoms with Gasteiger partial charge in [0.05, 0.1) is 6.20 Å². The van der Waals surface area contributed by atoms with E-state index in [2.05, 4.69) is 38.1 Å². The second kappa shape index (κ2) is 7.77. The van der Waals surface area contributed by atoms with E-state index < -0.39 is 0 Å². The van der Waals surface area contributed by atoms with Gasteiger partial charge in [-0.15, -0.1) is 0 Å². The highest BCUT2D eigenvalue weighted by Gasteiger charge is 2.20. The van der Waals surface area contributed by atoms with Crippen molar-refractivity contribution in [3.05, 3.63) is 23.0 Å². The van der Waals surface area contributed by atoms with Crippen LogP contribution in [0.25, 0.3) is 11.0 Å². The quantitative estimate of drug-likeness (QED) is 0.871. The molecule has 0 bridgehead atoms. The zero-order valence-electron chi connectivity index (χ0n) is 16.8. The van der Waals surface area contributed by atoms with Crippen molar-refractivity contribution in [3.8, 4) is 0 Å². The van der Waals surface area contributed by atoms with Crippen LogP contribution < -0.4 is 5.32 Å². The van der Waals surface area contributed by atoms with Crippen LogP contribution in [0.1, 0.15) is 75.7 Å². The number of aromatic nitrogens is 3. The molecule has 142 valence electrons. The minimum Gasteiger partial charge on any atom is -0.353 e. The molecular formula is C21H32N4O. The molecule has 2 aromatic heterocycles. The summed E-state index contributed by atoms with van der Waals surface area (Å²) in [5, 5.41) is 8.82. The van der Waals surface area contributed by atoms with Crippen LogP contribution in [-0.4, -0.2) is 26.7 Å². The van der Waals surface area contributed by atoms with Gasteiger partial charge in [0.25, 0.3) is 0 Å². The molecule has 0 atom stereocenters. The third kappa shape index (κ3) is 3.92. The van der Waals surface area contributed by atoms with Gasteiger partial charge in [-0.3, -0.25) is 4.79 Å². The van der Waals surface area contributed by atoms with Crippen molar-refractivity contribution in [2.75, 3.05) is 0 Å². The maximum atomic E-state index is 12.4. The fourth-order valence-corrected chi connectivity index (χ4v) is 4.08. The molecule has 1 aliphatic carbocycles. The Morgan fingerprint density at radius 2 is 1.96 bits per heavy atom. The van der Waals surface area contributed by atoms with Gasteiger partial charge in [-0.05, 0) is 76.8 Å². The molecule has 26 heavy (non-hydrogen) atoms. The molecule has 5 heteroatoms. The number of aryl methyl sites for hydroxylation is 2. The SMILES string of the molecule is Cc1nc2c(cnn2C(C)C)c(C)c1CCC(=O)NC1CCC(C)CC1. The molecule has 2 aromatic rings. The molecule has 0 saturated heterocycles. The van der Waals surface area contributed by atoms with Gasteiger partial charge < -0.3 is 5.32 Å². The summed E-state index contributed by atoms with van der Waals surface area (Å²) in [4.78, 5) is 17.2. The third-order valence-corrected chi connectivity index (χ3v) is 5.81. The molecule has 0 aliphatic heterocycles. The van der Waals surface area contributed by atoms with E-state index in [1.54, 1.807) is 0 Å². The molecule has 1 amide bonds. The van der Waals surface area contributed by atoms with Crippen molar-refractivity contribution >= 4 is 16.9 Å². The first-order chi connectivity index (χ1) is 12.4. The summed E-state index contributed by atoms with van der Waals surface area (Å²) in [5.41, 5.74) is 4.35. The lowest BCUT2D eigenvalue weighted by Gasteiger charge is -2.27. The molecule has 1 aliphatic rings. The van der Waals surface area contributed by atoms with E-state index in [4.69, 9.17) is 4.98 Å². The number of carbonyl (C=O) groups is 1. The zero-order chi connectivity index (χ0) is 18.8. The van der Waals surface area contributed by atoms with Crippen LogP contribution in [0.2, 0.25) is 0 Å². The van der Waals surface area contributed by atoms with Gasteiger partial charge >= 0.3 is 0 Å². The van der Waals surface area contributed by atoms with E-state index in [-0.39, 0.29) is 11.9 Å². The first-order valence-electron chi connectivity index (χ1n) is 9.99. The van der Waals surface area contributed by atoms with E-state index in [0.29, 0.717) is 12.5 Å². The second-order valence-electron chi connectivity index (χ2n) is 8.25. The van der Waals surface area contributed by atoms with E-state index in [9.17, 15) is 4.79 Å². The lowest BCUT2D eigenvalue weighted by molar-refractivity contribution is -0.122. The van der Waals surface area contributed by atoms with Crippen LogP contribution in [0.4, 0.5) is 0 Å². The molecule has 1 saturated carbocycles. The third-order valence-electron chi connectivity index (χ3n) is 5.81. The summed E-state index contributed by atoms with van der Waals surface area (Å²) in [6, 6.07) is 0.652. The Morgan fingerprint density at radius 1 is 1.27 bits per heavy atom. The number of pyridine rings is 1. The van der Waals surface area contributed by atoms with E-state index in [0.717, 1.165) is 41.9 Å². The van der Waals surface area contributed by atoms with E-state index in [1.165, 1.54) is 24.0 Å². The van der Waals surface area contributed by atoms with Crippen molar-refractivity contribution in [2.45, 2.75) is 85.2 Å². The Bertz CT molecular complexity index is 785. The van der Waals surface area contributed by atoms with E-state index >= 15 is 0 Å². The average molecular weight is 357 g/mol. The van der Waals surface area contributed by atoms with Gasteiger partial charge in [0.1, 0.15) is 0 Å². The standard InChI is InChI=1S/C21H32N4O/c1-13(2)25-21-19(12-22-25)15(4)18(16(5)23-21)10-11-20(26)24-17-8-6-14(3)7-9-17/h12-14,17H,6-11H2,1-5H3,(H,24,26). The van der Waals surface area contributed by atoms with Gasteiger partial charge in [-0.2, -0.15) is 5.10 Å². The van der Waals surface area contributed by atoms with Crippen LogP contribution in [0.3, 0.4) is 0 Å². The smallest absolute Gasteiger partial charge is 0.220 e. The Morgan fingerprint density at radius 3 is 2.62 bits per heavy atom. The number of fused-ring (bicyclic) bond motifs is 1. The monoisotopic (exact) mass is 356 g/mol. The van der Waals surface area contributed by atoms with Crippen molar-refractivity contribution in [1.29, 1.82) is 0 Å².